The van der Waals surface area contributed by atoms with Gasteiger partial charge < -0.3 is 14.7 Å². The van der Waals surface area contributed by atoms with E-state index in [1.165, 1.54) is 11.1 Å². The normalized spacial score (nSPS) is 19.8. The van der Waals surface area contributed by atoms with Gasteiger partial charge >= 0.3 is 0 Å². The number of likely N-dealkylation sites (N-methyl/N-ethyl adjacent to an activating group) is 1. The highest BCUT2D eigenvalue weighted by Crippen LogP contribution is 2.29. The van der Waals surface area contributed by atoms with E-state index in [1.807, 2.05) is 46.2 Å². The topological polar surface area (TPSA) is 43.9 Å². The smallest absolute Gasteiger partial charge is 0.253 e. The number of piperidine rings is 1. The number of hydrogen-bond acceptors (Lipinski definition) is 3. The van der Waals surface area contributed by atoms with Gasteiger partial charge in [0.25, 0.3) is 11.8 Å². The summed E-state index contributed by atoms with van der Waals surface area (Å²) in [6.07, 6.45) is 3.01. The van der Waals surface area contributed by atoms with Crippen LogP contribution >= 0.6 is 0 Å². The van der Waals surface area contributed by atoms with Crippen molar-refractivity contribution >= 4 is 11.8 Å². The zero-order valence-electron chi connectivity index (χ0n) is 19.4. The Morgan fingerprint density at radius 1 is 0.844 bits per heavy atom. The molecule has 2 saturated heterocycles. The first kappa shape index (κ1) is 22.5. The summed E-state index contributed by atoms with van der Waals surface area (Å²) in [5, 5.41) is 0. The summed E-state index contributed by atoms with van der Waals surface area (Å²) in [6.45, 7) is 10.3. The van der Waals surface area contributed by atoms with Crippen LogP contribution in [0, 0.1) is 0 Å². The van der Waals surface area contributed by atoms with Gasteiger partial charge in [-0.3, -0.25) is 9.59 Å². The molecular weight excluding hydrogens is 398 g/mol. The predicted octanol–water partition coefficient (Wildman–Crippen LogP) is 4.05. The second kappa shape index (κ2) is 10.3. The van der Waals surface area contributed by atoms with Gasteiger partial charge in [0, 0.05) is 56.3 Å². The van der Waals surface area contributed by atoms with Crippen LogP contribution in [0.1, 0.15) is 64.4 Å². The summed E-state index contributed by atoms with van der Waals surface area (Å²) in [7, 11) is 0. The maximum Gasteiger partial charge on any atom is 0.253 e. The number of likely N-dealkylation sites (tertiary alicyclic amines) is 1. The molecule has 0 radical (unpaired) electrons. The molecule has 2 aliphatic rings. The molecule has 0 aliphatic carbocycles. The summed E-state index contributed by atoms with van der Waals surface area (Å²) >= 11 is 0. The van der Waals surface area contributed by atoms with Crippen molar-refractivity contribution in [1.29, 1.82) is 0 Å². The number of aryl methyl sites for hydroxylation is 1. The molecule has 2 aromatic carbocycles. The average molecular weight is 434 g/mol. The van der Waals surface area contributed by atoms with E-state index in [0.29, 0.717) is 6.54 Å². The molecule has 2 amide bonds. The van der Waals surface area contributed by atoms with Crippen molar-refractivity contribution in [3.63, 3.8) is 0 Å². The minimum atomic E-state index is 0.110. The van der Waals surface area contributed by atoms with Gasteiger partial charge in [-0.05, 0) is 61.2 Å². The van der Waals surface area contributed by atoms with E-state index in [0.717, 1.165) is 69.7 Å². The minimum Gasteiger partial charge on any atom is -0.338 e. The lowest BCUT2D eigenvalue weighted by Crippen LogP contribution is -2.48. The number of nitrogens with zero attached hydrogens (tertiary/aromatic N) is 3. The van der Waals surface area contributed by atoms with Crippen molar-refractivity contribution in [2.75, 3.05) is 45.8 Å². The second-order valence-corrected chi connectivity index (χ2v) is 8.99. The van der Waals surface area contributed by atoms with Crippen molar-refractivity contribution in [2.45, 2.75) is 39.0 Å². The molecule has 32 heavy (non-hydrogen) atoms. The molecule has 0 aromatic heterocycles. The monoisotopic (exact) mass is 433 g/mol. The molecule has 5 nitrogen and oxygen atoms in total. The van der Waals surface area contributed by atoms with E-state index >= 15 is 0 Å². The fourth-order valence-corrected chi connectivity index (χ4v) is 4.87. The molecule has 4 rings (SSSR count). The number of benzene rings is 2. The molecule has 2 fully saturated rings. The van der Waals surface area contributed by atoms with Crippen molar-refractivity contribution in [2.24, 2.45) is 0 Å². The van der Waals surface area contributed by atoms with Crippen LogP contribution < -0.4 is 0 Å². The average Bonchev–Trinajstić information content (AvgIpc) is 2.88. The third kappa shape index (κ3) is 5.04. The Morgan fingerprint density at radius 3 is 2.25 bits per heavy atom. The highest BCUT2D eigenvalue weighted by atomic mass is 16.2. The number of carbonyl (C=O) groups is 2. The largest absolute Gasteiger partial charge is 0.338 e. The van der Waals surface area contributed by atoms with Crippen LogP contribution in [-0.4, -0.2) is 72.3 Å². The Morgan fingerprint density at radius 2 is 1.56 bits per heavy atom. The molecule has 2 heterocycles. The molecule has 1 unspecified atom stereocenters. The highest BCUT2D eigenvalue weighted by molar-refractivity contribution is 5.95. The Balaban J connectivity index is 1.43. The molecule has 0 saturated carbocycles. The Hall–Kier alpha value is -2.66. The maximum absolute atomic E-state index is 13.1. The van der Waals surface area contributed by atoms with Crippen LogP contribution in [0.15, 0.2) is 48.5 Å². The number of carbonyl (C=O) groups excluding carboxylic acids is 2. The van der Waals surface area contributed by atoms with Crippen LogP contribution in [0.3, 0.4) is 0 Å². The first-order valence-corrected chi connectivity index (χ1v) is 12.1. The molecule has 0 N–H and O–H groups in total. The summed E-state index contributed by atoms with van der Waals surface area (Å²) in [6, 6.07) is 16.1. The molecule has 170 valence electrons. The zero-order valence-corrected chi connectivity index (χ0v) is 19.4. The van der Waals surface area contributed by atoms with Crippen LogP contribution in [0.5, 0.6) is 0 Å². The number of hydrogen-bond donors (Lipinski definition) is 0. The van der Waals surface area contributed by atoms with Gasteiger partial charge in [0.15, 0.2) is 0 Å². The van der Waals surface area contributed by atoms with E-state index in [1.54, 1.807) is 0 Å². The summed E-state index contributed by atoms with van der Waals surface area (Å²) in [4.78, 5) is 32.5. The van der Waals surface area contributed by atoms with Gasteiger partial charge in [-0.25, -0.2) is 0 Å². The van der Waals surface area contributed by atoms with Gasteiger partial charge in [-0.1, -0.05) is 38.1 Å². The molecule has 2 aromatic rings. The van der Waals surface area contributed by atoms with E-state index in [-0.39, 0.29) is 17.7 Å². The number of piperazine rings is 1. The Kier molecular flexibility index (Phi) is 7.26. The van der Waals surface area contributed by atoms with Crippen molar-refractivity contribution in [3.05, 3.63) is 70.8 Å². The third-order valence-electron chi connectivity index (χ3n) is 7.03. The van der Waals surface area contributed by atoms with Gasteiger partial charge in [-0.2, -0.15) is 0 Å². The van der Waals surface area contributed by atoms with Gasteiger partial charge in [0.05, 0.1) is 0 Å². The van der Waals surface area contributed by atoms with Crippen LogP contribution in [0.4, 0.5) is 0 Å². The Bertz CT molecular complexity index is 932. The van der Waals surface area contributed by atoms with E-state index < -0.39 is 0 Å². The van der Waals surface area contributed by atoms with Crippen molar-refractivity contribution in [3.8, 4) is 0 Å². The van der Waals surface area contributed by atoms with Crippen molar-refractivity contribution in [1.82, 2.24) is 14.7 Å². The molecule has 2 aliphatic heterocycles. The quantitative estimate of drug-likeness (QED) is 0.715. The van der Waals surface area contributed by atoms with E-state index in [9.17, 15) is 9.59 Å². The van der Waals surface area contributed by atoms with Crippen LogP contribution in [0.2, 0.25) is 0 Å². The fourth-order valence-electron chi connectivity index (χ4n) is 4.87. The number of amides is 2. The maximum atomic E-state index is 13.1. The molecule has 0 spiro atoms. The van der Waals surface area contributed by atoms with Gasteiger partial charge in [0.1, 0.15) is 0 Å². The summed E-state index contributed by atoms with van der Waals surface area (Å²) < 4.78 is 0. The lowest BCUT2D eigenvalue weighted by Gasteiger charge is -2.35. The lowest BCUT2D eigenvalue weighted by atomic mass is 9.89. The minimum absolute atomic E-state index is 0.110. The first-order valence-electron chi connectivity index (χ1n) is 12.1. The first-order chi connectivity index (χ1) is 15.6. The fraction of sp³-hybridized carbons (Fsp3) is 0.481. The number of rotatable bonds is 5. The highest BCUT2D eigenvalue weighted by Gasteiger charge is 2.27. The third-order valence-corrected chi connectivity index (χ3v) is 7.03. The van der Waals surface area contributed by atoms with Gasteiger partial charge in [0.2, 0.25) is 0 Å². The lowest BCUT2D eigenvalue weighted by molar-refractivity contribution is 0.0641. The van der Waals surface area contributed by atoms with Gasteiger partial charge in [-0.15, -0.1) is 0 Å². The van der Waals surface area contributed by atoms with Crippen LogP contribution in [0.25, 0.3) is 0 Å². The molecule has 5 heteroatoms. The second-order valence-electron chi connectivity index (χ2n) is 8.99. The SMILES string of the molecule is CCc1ccc(C(=O)N2CCCC(c3cccc(C(=O)N4CCN(CC)CC4)c3)C2)cc1. The van der Waals surface area contributed by atoms with Crippen LogP contribution in [-0.2, 0) is 6.42 Å². The summed E-state index contributed by atoms with van der Waals surface area (Å²) in [5.41, 5.74) is 3.95. The predicted molar refractivity (Wildman–Crippen MR) is 128 cm³/mol. The molecule has 0 bridgehead atoms. The van der Waals surface area contributed by atoms with Crippen molar-refractivity contribution < 1.29 is 9.59 Å². The zero-order chi connectivity index (χ0) is 22.5. The molecule has 1 atom stereocenters. The van der Waals surface area contributed by atoms with E-state index in [2.05, 4.69) is 30.9 Å². The standard InChI is InChI=1S/C27H35N3O2/c1-3-21-10-12-22(13-11-21)26(31)30-14-6-9-25(20-30)23-7-5-8-24(19-23)27(32)29-17-15-28(4-2)16-18-29/h5,7-8,10-13,19,25H,3-4,6,9,14-18,20H2,1-2H3. The Labute approximate surface area is 192 Å². The van der Waals surface area contributed by atoms with E-state index in [4.69, 9.17) is 0 Å². The summed E-state index contributed by atoms with van der Waals surface area (Å²) in [5.74, 6) is 0.507. The molecular formula is C27H35N3O2.